The number of hydrogen-bond acceptors (Lipinski definition) is 5. The monoisotopic (exact) mass is 405 g/mol. The van der Waals surface area contributed by atoms with Crippen molar-refractivity contribution >= 4 is 17.6 Å². The molecule has 8 heteroatoms. The van der Waals surface area contributed by atoms with Crippen LogP contribution in [-0.4, -0.2) is 50.0 Å². The summed E-state index contributed by atoms with van der Waals surface area (Å²) in [5.74, 6) is 1.91. The minimum absolute atomic E-state index is 0.339. The highest BCUT2D eigenvalue weighted by atomic mass is 35.5. The molecule has 2 N–H and O–H groups in total. The van der Waals surface area contributed by atoms with Crippen LogP contribution in [0.1, 0.15) is 31.6 Å². The van der Waals surface area contributed by atoms with Crippen molar-refractivity contribution in [2.45, 2.75) is 32.1 Å². The highest BCUT2D eigenvalue weighted by Gasteiger charge is 2.36. The van der Waals surface area contributed by atoms with Gasteiger partial charge in [0.05, 0.1) is 0 Å². The van der Waals surface area contributed by atoms with Crippen LogP contribution in [-0.2, 0) is 11.2 Å². The lowest BCUT2D eigenvalue weighted by Gasteiger charge is -2.42. The van der Waals surface area contributed by atoms with Gasteiger partial charge in [0, 0.05) is 50.9 Å². The van der Waals surface area contributed by atoms with Crippen molar-refractivity contribution in [3.63, 3.8) is 0 Å². The molecule has 1 aromatic carbocycles. The fraction of sp³-hybridized carbons (Fsp3) is 0.550. The summed E-state index contributed by atoms with van der Waals surface area (Å²) < 4.78 is 10.6. The molecule has 0 unspecified atom stereocenters. The molecule has 1 aliphatic rings. The Bertz CT molecular complexity index is 788. The van der Waals surface area contributed by atoms with Gasteiger partial charge in [0.1, 0.15) is 0 Å². The van der Waals surface area contributed by atoms with Crippen LogP contribution in [0.4, 0.5) is 0 Å². The maximum absolute atomic E-state index is 6.02. The van der Waals surface area contributed by atoms with E-state index in [1.165, 1.54) is 19.3 Å². The van der Waals surface area contributed by atoms with Gasteiger partial charge in [-0.1, -0.05) is 35.3 Å². The Balaban J connectivity index is 1.45. The van der Waals surface area contributed by atoms with E-state index in [-0.39, 0.29) is 0 Å². The summed E-state index contributed by atoms with van der Waals surface area (Å²) in [5, 5.41) is 11.4. The largest absolute Gasteiger partial charge is 0.385 e. The van der Waals surface area contributed by atoms with E-state index in [1.54, 1.807) is 14.2 Å². The molecule has 0 bridgehead atoms. The summed E-state index contributed by atoms with van der Waals surface area (Å²) in [7, 11) is 3.54. The maximum Gasteiger partial charge on any atom is 0.228 e. The third-order valence-electron chi connectivity index (χ3n) is 5.29. The highest BCUT2D eigenvalue weighted by Crippen LogP contribution is 2.43. The van der Waals surface area contributed by atoms with E-state index in [0.717, 1.165) is 31.1 Å². The molecule has 1 heterocycles. The second-order valence-corrected chi connectivity index (χ2v) is 7.66. The van der Waals surface area contributed by atoms with Crippen LogP contribution >= 0.6 is 11.6 Å². The van der Waals surface area contributed by atoms with Crippen molar-refractivity contribution in [2.75, 3.05) is 33.9 Å². The first-order valence-electron chi connectivity index (χ1n) is 9.66. The summed E-state index contributed by atoms with van der Waals surface area (Å²) >= 11 is 6.02. The zero-order valence-corrected chi connectivity index (χ0v) is 17.3. The molecule has 0 aliphatic heterocycles. The molecule has 2 aromatic rings. The van der Waals surface area contributed by atoms with Crippen molar-refractivity contribution in [2.24, 2.45) is 10.4 Å². The van der Waals surface area contributed by atoms with Gasteiger partial charge in [0.25, 0.3) is 0 Å². The number of aromatic nitrogens is 2. The first-order chi connectivity index (χ1) is 13.6. The lowest BCUT2D eigenvalue weighted by atomic mass is 9.67. The fourth-order valence-corrected chi connectivity index (χ4v) is 3.58. The predicted octanol–water partition coefficient (Wildman–Crippen LogP) is 3.30. The molecule has 152 valence electrons. The van der Waals surface area contributed by atoms with E-state index in [2.05, 4.69) is 25.8 Å². The number of ether oxygens (including phenoxy) is 1. The van der Waals surface area contributed by atoms with Gasteiger partial charge in [-0.2, -0.15) is 4.98 Å². The fourth-order valence-electron chi connectivity index (χ4n) is 3.39. The predicted molar refractivity (Wildman–Crippen MR) is 111 cm³/mol. The summed E-state index contributed by atoms with van der Waals surface area (Å²) in [6.07, 6.45) is 5.48. The Hall–Kier alpha value is -2.12. The van der Waals surface area contributed by atoms with Gasteiger partial charge in [-0.15, -0.1) is 0 Å². The van der Waals surface area contributed by atoms with E-state index in [0.29, 0.717) is 35.1 Å². The van der Waals surface area contributed by atoms with Crippen molar-refractivity contribution < 1.29 is 9.26 Å². The first-order valence-corrected chi connectivity index (χ1v) is 10.0. The lowest BCUT2D eigenvalue weighted by Crippen LogP contribution is -2.47. The van der Waals surface area contributed by atoms with Gasteiger partial charge >= 0.3 is 0 Å². The van der Waals surface area contributed by atoms with E-state index < -0.39 is 0 Å². The van der Waals surface area contributed by atoms with Gasteiger partial charge in [-0.25, -0.2) is 0 Å². The summed E-state index contributed by atoms with van der Waals surface area (Å²) in [6.45, 7) is 2.37. The second-order valence-electron chi connectivity index (χ2n) is 7.22. The number of rotatable bonds is 9. The highest BCUT2D eigenvalue weighted by molar-refractivity contribution is 6.30. The molecule has 1 aliphatic carbocycles. The third kappa shape index (κ3) is 5.45. The smallest absolute Gasteiger partial charge is 0.228 e. The average molecular weight is 406 g/mol. The molecule has 0 atom stereocenters. The van der Waals surface area contributed by atoms with Gasteiger partial charge in [-0.3, -0.25) is 4.99 Å². The Morgan fingerprint density at radius 2 is 2.21 bits per heavy atom. The maximum atomic E-state index is 6.02. The molecule has 1 fully saturated rings. The topological polar surface area (TPSA) is 84.6 Å². The van der Waals surface area contributed by atoms with Crippen molar-refractivity contribution in [1.82, 2.24) is 20.8 Å². The van der Waals surface area contributed by atoms with Gasteiger partial charge in [0.2, 0.25) is 11.7 Å². The van der Waals surface area contributed by atoms with Crippen LogP contribution in [0.3, 0.4) is 0 Å². The Kier molecular flexibility index (Phi) is 7.28. The molecule has 0 spiro atoms. The molecule has 0 saturated heterocycles. The van der Waals surface area contributed by atoms with Crippen molar-refractivity contribution in [1.29, 1.82) is 0 Å². The third-order valence-corrected chi connectivity index (χ3v) is 5.52. The summed E-state index contributed by atoms with van der Waals surface area (Å²) in [5.41, 5.74) is 1.18. The summed E-state index contributed by atoms with van der Waals surface area (Å²) in [4.78, 5) is 8.74. The number of halogens is 1. The molecule has 7 nitrogen and oxygen atoms in total. The minimum atomic E-state index is 0.339. The van der Waals surface area contributed by atoms with E-state index in [4.69, 9.17) is 20.9 Å². The zero-order chi connectivity index (χ0) is 19.8. The molecule has 28 heavy (non-hydrogen) atoms. The van der Waals surface area contributed by atoms with Gasteiger partial charge in [-0.05, 0) is 36.8 Å². The second kappa shape index (κ2) is 9.89. The van der Waals surface area contributed by atoms with Crippen LogP contribution in [0.25, 0.3) is 11.4 Å². The number of aliphatic imine (C=N–C) groups is 1. The normalized spacial score (nSPS) is 15.9. The molecule has 3 rings (SSSR count). The van der Waals surface area contributed by atoms with E-state index in [1.807, 2.05) is 24.3 Å². The number of guanidine groups is 1. The Morgan fingerprint density at radius 3 is 2.89 bits per heavy atom. The van der Waals surface area contributed by atoms with Crippen LogP contribution in [0.2, 0.25) is 5.02 Å². The molecular weight excluding hydrogens is 378 g/mol. The van der Waals surface area contributed by atoms with Crippen molar-refractivity contribution in [3.05, 3.63) is 35.2 Å². The van der Waals surface area contributed by atoms with Crippen molar-refractivity contribution in [3.8, 4) is 11.4 Å². The van der Waals surface area contributed by atoms with Crippen LogP contribution < -0.4 is 10.6 Å². The molecule has 0 amide bonds. The number of methoxy groups -OCH3 is 1. The molecule has 1 aromatic heterocycles. The van der Waals surface area contributed by atoms with Crippen LogP contribution in [0, 0.1) is 5.41 Å². The van der Waals surface area contributed by atoms with E-state index in [9.17, 15) is 0 Å². The SMILES string of the molecule is CN=C(NCCc1nc(-c2cccc(Cl)c2)no1)NCC1(CCOC)CCC1. The quantitative estimate of drug-likeness (QED) is 0.492. The Labute approximate surface area is 170 Å². The molecule has 1 saturated carbocycles. The zero-order valence-electron chi connectivity index (χ0n) is 16.5. The summed E-state index contributed by atoms with van der Waals surface area (Å²) in [6, 6.07) is 7.41. The van der Waals surface area contributed by atoms with Gasteiger partial charge in [0.15, 0.2) is 5.96 Å². The molecular formula is C20H28ClN5O2. The average Bonchev–Trinajstić information content (AvgIpc) is 3.14. The number of hydrogen-bond donors (Lipinski definition) is 2. The van der Waals surface area contributed by atoms with Gasteiger partial charge < -0.3 is 19.9 Å². The first kappa shape index (κ1) is 20.6. The standard InChI is InChI=1S/C20H28ClN5O2/c1-22-19(24-14-20(8-4-9-20)10-12-27-2)23-11-7-17-25-18(26-28-17)15-5-3-6-16(21)13-15/h3,5-6,13H,4,7-12,14H2,1-2H3,(H2,22,23,24). The minimum Gasteiger partial charge on any atom is -0.385 e. The number of nitrogens with zero attached hydrogens (tertiary/aromatic N) is 3. The van der Waals surface area contributed by atoms with E-state index >= 15 is 0 Å². The Morgan fingerprint density at radius 1 is 1.36 bits per heavy atom. The van der Waals surface area contributed by atoms with Crippen LogP contribution in [0.15, 0.2) is 33.8 Å². The number of nitrogens with one attached hydrogen (secondary N) is 2. The lowest BCUT2D eigenvalue weighted by molar-refractivity contribution is 0.0732. The number of benzene rings is 1. The van der Waals surface area contributed by atoms with Crippen LogP contribution in [0.5, 0.6) is 0 Å². The molecule has 0 radical (unpaired) electrons.